The van der Waals surface area contributed by atoms with Crippen molar-refractivity contribution in [3.63, 3.8) is 0 Å². The number of alkyl halides is 3. The molecule has 0 aromatic heterocycles. The molecule has 6 heteroatoms. The van der Waals surface area contributed by atoms with Gasteiger partial charge in [0.2, 0.25) is 0 Å². The Morgan fingerprint density at radius 3 is 2.07 bits per heavy atom. The maximum atomic E-state index is 12.0. The van der Waals surface area contributed by atoms with Gasteiger partial charge in [0, 0.05) is 20.0 Å². The predicted molar refractivity (Wildman–Crippen MR) is 51.2 cm³/mol. The number of halogens is 3. The van der Waals surface area contributed by atoms with Gasteiger partial charge in [0.05, 0.1) is 27.7 Å². The van der Waals surface area contributed by atoms with Crippen LogP contribution in [0.3, 0.4) is 0 Å². The Morgan fingerprint density at radius 1 is 1.27 bits per heavy atom. The minimum Gasteiger partial charge on any atom is -0.338 e. The first-order valence-electron chi connectivity index (χ1n) is 4.67. The van der Waals surface area contributed by atoms with Crippen molar-refractivity contribution < 1.29 is 22.4 Å². The van der Waals surface area contributed by atoms with E-state index in [9.17, 15) is 18.0 Å². The summed E-state index contributed by atoms with van der Waals surface area (Å²) in [6.07, 6.45) is -4.20. The van der Waals surface area contributed by atoms with Crippen LogP contribution in [0.1, 0.15) is 6.42 Å². The fourth-order valence-electron chi connectivity index (χ4n) is 1.10. The molecule has 90 valence electrons. The van der Waals surface area contributed by atoms with Gasteiger partial charge in [0.15, 0.2) is 0 Å². The topological polar surface area (TPSA) is 20.3 Å². The fourth-order valence-corrected chi connectivity index (χ4v) is 1.10. The molecule has 0 saturated carbocycles. The zero-order chi connectivity index (χ0) is 12.3. The molecule has 0 aromatic carbocycles. The van der Waals surface area contributed by atoms with E-state index in [0.29, 0.717) is 10.9 Å². The summed E-state index contributed by atoms with van der Waals surface area (Å²) >= 11 is 0. The molecule has 1 amide bonds. The van der Waals surface area contributed by atoms with Crippen molar-refractivity contribution in [1.29, 1.82) is 0 Å². The lowest BCUT2D eigenvalue weighted by Crippen LogP contribution is -2.41. The molecular weight excluding hydrogens is 209 g/mol. The summed E-state index contributed by atoms with van der Waals surface area (Å²) < 4.78 is 36.6. The van der Waals surface area contributed by atoms with E-state index in [1.807, 2.05) is 21.1 Å². The minimum atomic E-state index is -4.76. The van der Waals surface area contributed by atoms with Gasteiger partial charge in [0.25, 0.3) is 0 Å². The van der Waals surface area contributed by atoms with E-state index in [2.05, 4.69) is 0 Å². The van der Waals surface area contributed by atoms with E-state index in [-0.39, 0.29) is 6.54 Å². The molecule has 0 fully saturated rings. The van der Waals surface area contributed by atoms with Crippen molar-refractivity contribution in [2.75, 3.05) is 41.3 Å². The summed E-state index contributed by atoms with van der Waals surface area (Å²) in [5.41, 5.74) is 0. The van der Waals surface area contributed by atoms with Crippen LogP contribution < -0.4 is 0 Å². The van der Waals surface area contributed by atoms with E-state index < -0.39 is 12.1 Å². The SMILES string of the molecule is CN(CCC[N+](C)(C)C)C(=O)C(F)(F)F. The first-order valence-corrected chi connectivity index (χ1v) is 4.67. The highest BCUT2D eigenvalue weighted by molar-refractivity contribution is 5.81. The van der Waals surface area contributed by atoms with Crippen LogP contribution in [0.5, 0.6) is 0 Å². The molecule has 0 saturated heterocycles. The summed E-state index contributed by atoms with van der Waals surface area (Å²) in [5.74, 6) is -1.77. The number of quaternary nitrogens is 1. The van der Waals surface area contributed by atoms with Crippen LogP contribution in [0, 0.1) is 0 Å². The van der Waals surface area contributed by atoms with Gasteiger partial charge in [0.1, 0.15) is 0 Å². The second-order valence-corrected chi connectivity index (χ2v) is 4.59. The number of nitrogens with zero attached hydrogens (tertiary/aromatic N) is 2. The Balaban J connectivity index is 3.96. The Kier molecular flexibility index (Phi) is 4.58. The zero-order valence-corrected chi connectivity index (χ0v) is 9.56. The van der Waals surface area contributed by atoms with Crippen molar-refractivity contribution in [1.82, 2.24) is 4.90 Å². The molecule has 0 aliphatic rings. The molecule has 0 aliphatic heterocycles. The van der Waals surface area contributed by atoms with Crippen molar-refractivity contribution in [2.24, 2.45) is 0 Å². The van der Waals surface area contributed by atoms with Gasteiger partial charge in [-0.05, 0) is 0 Å². The van der Waals surface area contributed by atoms with Gasteiger partial charge in [-0.25, -0.2) is 0 Å². The number of carbonyl (C=O) groups excluding carboxylic acids is 1. The molecule has 0 bridgehead atoms. The van der Waals surface area contributed by atoms with Gasteiger partial charge in [-0.15, -0.1) is 0 Å². The third kappa shape index (κ3) is 6.33. The lowest BCUT2D eigenvalue weighted by atomic mass is 10.3. The molecule has 0 rings (SSSR count). The Labute approximate surface area is 88.0 Å². The molecule has 0 aliphatic carbocycles. The van der Waals surface area contributed by atoms with Crippen molar-refractivity contribution in [2.45, 2.75) is 12.6 Å². The summed E-state index contributed by atoms with van der Waals surface area (Å²) in [6, 6.07) is 0. The predicted octanol–water partition coefficient (Wildman–Crippen LogP) is 1.10. The molecule has 0 N–H and O–H groups in total. The number of hydrogen-bond acceptors (Lipinski definition) is 1. The third-order valence-corrected chi connectivity index (χ3v) is 1.91. The maximum absolute atomic E-state index is 12.0. The van der Waals surface area contributed by atoms with Crippen molar-refractivity contribution in [3.05, 3.63) is 0 Å². The zero-order valence-electron chi connectivity index (χ0n) is 9.56. The van der Waals surface area contributed by atoms with Crippen LogP contribution >= 0.6 is 0 Å². The van der Waals surface area contributed by atoms with Crippen molar-refractivity contribution >= 4 is 5.91 Å². The average molecular weight is 227 g/mol. The number of hydrogen-bond donors (Lipinski definition) is 0. The molecule has 0 spiro atoms. The van der Waals surface area contributed by atoms with E-state index in [1.165, 1.54) is 7.05 Å². The van der Waals surface area contributed by atoms with Crippen LogP contribution in [-0.2, 0) is 4.79 Å². The summed E-state index contributed by atoms with van der Waals surface area (Å²) in [5, 5.41) is 0. The molecule has 0 atom stereocenters. The fraction of sp³-hybridized carbons (Fsp3) is 0.889. The number of amides is 1. The molecular formula is C9H18F3N2O+. The molecule has 15 heavy (non-hydrogen) atoms. The average Bonchev–Trinajstić information content (AvgIpc) is 1.98. The lowest BCUT2D eigenvalue weighted by Gasteiger charge is -2.25. The number of carbonyl (C=O) groups is 1. The van der Waals surface area contributed by atoms with Gasteiger partial charge >= 0.3 is 12.1 Å². The van der Waals surface area contributed by atoms with Gasteiger partial charge < -0.3 is 9.38 Å². The van der Waals surface area contributed by atoms with E-state index in [4.69, 9.17) is 0 Å². The van der Waals surface area contributed by atoms with Crippen molar-refractivity contribution in [3.8, 4) is 0 Å². The normalized spacial score (nSPS) is 12.7. The highest BCUT2D eigenvalue weighted by Gasteiger charge is 2.40. The van der Waals surface area contributed by atoms with Crippen LogP contribution in [0.2, 0.25) is 0 Å². The molecule has 0 unspecified atom stereocenters. The summed E-state index contributed by atoms with van der Waals surface area (Å²) in [6.45, 7) is 0.864. The maximum Gasteiger partial charge on any atom is 0.471 e. The standard InChI is InChI=1S/C9H18F3N2O/c1-13(8(15)9(10,11)12)6-5-7-14(2,3)4/h5-7H2,1-4H3/q+1. The molecule has 0 radical (unpaired) electrons. The first-order chi connectivity index (χ1) is 6.54. The van der Waals surface area contributed by atoms with Crippen LogP contribution in [0.15, 0.2) is 0 Å². The summed E-state index contributed by atoms with van der Waals surface area (Å²) in [7, 11) is 7.02. The number of rotatable bonds is 4. The van der Waals surface area contributed by atoms with E-state index in [0.717, 1.165) is 11.4 Å². The molecule has 0 aromatic rings. The third-order valence-electron chi connectivity index (χ3n) is 1.91. The van der Waals surface area contributed by atoms with Crippen LogP contribution in [0.4, 0.5) is 13.2 Å². The van der Waals surface area contributed by atoms with Crippen LogP contribution in [-0.4, -0.2) is 62.7 Å². The smallest absolute Gasteiger partial charge is 0.338 e. The monoisotopic (exact) mass is 227 g/mol. The minimum absolute atomic E-state index is 0.133. The lowest BCUT2D eigenvalue weighted by molar-refractivity contribution is -0.870. The molecule has 0 heterocycles. The Hall–Kier alpha value is -0.780. The second-order valence-electron chi connectivity index (χ2n) is 4.59. The Bertz CT molecular complexity index is 220. The highest BCUT2D eigenvalue weighted by Crippen LogP contribution is 2.17. The largest absolute Gasteiger partial charge is 0.471 e. The van der Waals surface area contributed by atoms with Gasteiger partial charge in [-0.2, -0.15) is 13.2 Å². The van der Waals surface area contributed by atoms with Gasteiger partial charge in [-0.3, -0.25) is 4.79 Å². The van der Waals surface area contributed by atoms with Crippen LogP contribution in [0.25, 0.3) is 0 Å². The van der Waals surface area contributed by atoms with E-state index in [1.54, 1.807) is 0 Å². The Morgan fingerprint density at radius 2 is 1.73 bits per heavy atom. The van der Waals surface area contributed by atoms with Gasteiger partial charge in [-0.1, -0.05) is 0 Å². The summed E-state index contributed by atoms with van der Waals surface area (Å²) in [4.78, 5) is 11.4. The second kappa shape index (κ2) is 4.83. The first kappa shape index (κ1) is 14.2. The highest BCUT2D eigenvalue weighted by atomic mass is 19.4. The molecule has 3 nitrogen and oxygen atoms in total. The van der Waals surface area contributed by atoms with E-state index >= 15 is 0 Å². The quantitative estimate of drug-likeness (QED) is 0.659.